The smallest absolute Gasteiger partial charge is 0.329 e. The molecule has 8 nitrogen and oxygen atoms in total. The van der Waals surface area contributed by atoms with Gasteiger partial charge in [-0.25, -0.2) is 4.79 Å². The van der Waals surface area contributed by atoms with Crippen LogP contribution in [0.15, 0.2) is 35.3 Å². The second-order valence-corrected chi connectivity index (χ2v) is 12.8. The molecule has 1 N–H and O–H groups in total. The van der Waals surface area contributed by atoms with Gasteiger partial charge >= 0.3 is 5.97 Å². The average molecular weight is 392 g/mol. The quantitative estimate of drug-likeness (QED) is 0.457. The highest BCUT2D eigenvalue weighted by Gasteiger charge is 2.38. The van der Waals surface area contributed by atoms with E-state index in [0.717, 1.165) is 4.57 Å². The molecule has 0 aliphatic carbocycles. The van der Waals surface area contributed by atoms with Gasteiger partial charge in [-0.15, -0.1) is 0 Å². The van der Waals surface area contributed by atoms with E-state index < -0.39 is 30.8 Å². The van der Waals surface area contributed by atoms with Crippen LogP contribution in [-0.4, -0.2) is 35.5 Å². The first-order chi connectivity index (χ1) is 12.4. The van der Waals surface area contributed by atoms with E-state index in [1.807, 2.05) is 33.9 Å². The first-order valence-electron chi connectivity index (χ1n) is 8.52. The van der Waals surface area contributed by atoms with Crippen LogP contribution < -0.4 is 5.56 Å². The maximum atomic E-state index is 12.8. The molecule has 0 spiro atoms. The largest absolute Gasteiger partial charge is 0.480 e. The van der Waals surface area contributed by atoms with Crippen molar-refractivity contribution >= 4 is 30.7 Å². The molecule has 1 heterocycles. The van der Waals surface area contributed by atoms with Crippen LogP contribution in [-0.2, 0) is 9.22 Å². The number of benzene rings is 1. The molecule has 9 heteroatoms. The van der Waals surface area contributed by atoms with Gasteiger partial charge in [0, 0.05) is 12.3 Å². The monoisotopic (exact) mass is 392 g/mol. The number of aromatic nitrogens is 1. The molecule has 0 aliphatic heterocycles. The Balaban J connectivity index is 2.48. The molecule has 27 heavy (non-hydrogen) atoms. The first-order valence-corrected chi connectivity index (χ1v) is 11.4. The number of fused-ring (bicyclic) bond motifs is 1. The summed E-state index contributed by atoms with van der Waals surface area (Å²) in [5.74, 6) is -1.19. The number of carboxylic acid groups (broad SMARTS) is 1. The van der Waals surface area contributed by atoms with Crippen LogP contribution in [0.1, 0.15) is 26.8 Å². The Bertz CT molecular complexity index is 945. The Hall–Kier alpha value is -2.52. The molecule has 0 saturated carbocycles. The van der Waals surface area contributed by atoms with Crippen LogP contribution in [0, 0.1) is 10.1 Å². The molecular weight excluding hydrogens is 368 g/mol. The van der Waals surface area contributed by atoms with Crippen molar-refractivity contribution in [3.05, 3.63) is 50.9 Å². The molecule has 0 saturated heterocycles. The van der Waals surface area contributed by atoms with Crippen molar-refractivity contribution in [2.75, 3.05) is 6.61 Å². The highest BCUT2D eigenvalue weighted by atomic mass is 28.4. The number of nitrogens with zero attached hydrogens (tertiary/aromatic N) is 2. The Morgan fingerprint density at radius 3 is 2.44 bits per heavy atom. The van der Waals surface area contributed by atoms with Gasteiger partial charge in [-0.1, -0.05) is 26.8 Å². The molecule has 0 fully saturated rings. The standard InChI is InChI=1S/C18H24N2O6Si/c1-18(2,3)27(4,5)26-11-15(17(22)23)19-10-9-12-13(16(19)21)7-6-8-14(12)20(24)25/h6-10,15H,11H2,1-5H3,(H,22,23). The second-order valence-electron chi connectivity index (χ2n) is 7.95. The lowest BCUT2D eigenvalue weighted by molar-refractivity contribution is -0.383. The van der Waals surface area contributed by atoms with Crippen molar-refractivity contribution in [1.29, 1.82) is 0 Å². The third-order valence-electron chi connectivity index (χ3n) is 5.18. The lowest BCUT2D eigenvalue weighted by atomic mass is 10.1. The van der Waals surface area contributed by atoms with E-state index in [0.29, 0.717) is 0 Å². The SMILES string of the molecule is CC(C)(C)[Si](C)(C)OCC(C(=O)O)n1ccc2c([N+](=O)[O-])cccc2c1=O. The third-order valence-corrected chi connectivity index (χ3v) is 9.68. The molecule has 2 aromatic rings. The average Bonchev–Trinajstić information content (AvgIpc) is 2.55. The van der Waals surface area contributed by atoms with Gasteiger partial charge in [0.15, 0.2) is 14.4 Å². The fourth-order valence-corrected chi connectivity index (χ4v) is 3.46. The van der Waals surface area contributed by atoms with Crippen molar-refractivity contribution in [2.24, 2.45) is 0 Å². The molecule has 1 aromatic carbocycles. The summed E-state index contributed by atoms with van der Waals surface area (Å²) in [5, 5.41) is 21.0. The lowest BCUT2D eigenvalue weighted by Crippen LogP contribution is -2.44. The number of hydrogen-bond donors (Lipinski definition) is 1. The number of nitro groups is 1. The summed E-state index contributed by atoms with van der Waals surface area (Å²) >= 11 is 0. The van der Waals surface area contributed by atoms with E-state index in [-0.39, 0.29) is 28.1 Å². The van der Waals surface area contributed by atoms with Gasteiger partial charge in [0.2, 0.25) is 0 Å². The third kappa shape index (κ3) is 4.09. The summed E-state index contributed by atoms with van der Waals surface area (Å²) in [5.41, 5.74) is -0.788. The van der Waals surface area contributed by atoms with Gasteiger partial charge in [-0.05, 0) is 30.3 Å². The molecule has 1 aromatic heterocycles. The molecule has 146 valence electrons. The van der Waals surface area contributed by atoms with Crippen molar-refractivity contribution in [3.63, 3.8) is 0 Å². The summed E-state index contributed by atoms with van der Waals surface area (Å²) in [6, 6.07) is 4.36. The zero-order chi connectivity index (χ0) is 20.6. The summed E-state index contributed by atoms with van der Waals surface area (Å²) < 4.78 is 7.06. The minimum atomic E-state index is -2.21. The van der Waals surface area contributed by atoms with E-state index in [1.165, 1.54) is 30.5 Å². The highest BCUT2D eigenvalue weighted by molar-refractivity contribution is 6.74. The number of rotatable bonds is 6. The minimum Gasteiger partial charge on any atom is -0.480 e. The van der Waals surface area contributed by atoms with E-state index in [9.17, 15) is 24.8 Å². The van der Waals surface area contributed by atoms with Gasteiger partial charge in [0.1, 0.15) is 0 Å². The van der Waals surface area contributed by atoms with Crippen LogP contribution >= 0.6 is 0 Å². The van der Waals surface area contributed by atoms with Gasteiger partial charge < -0.3 is 9.53 Å². The maximum Gasteiger partial charge on any atom is 0.329 e. The lowest BCUT2D eigenvalue weighted by Gasteiger charge is -2.37. The minimum absolute atomic E-state index is 0.102. The number of aliphatic carboxylic acids is 1. The summed E-state index contributed by atoms with van der Waals surface area (Å²) in [7, 11) is -2.21. The van der Waals surface area contributed by atoms with Crippen LogP contribution in [0.2, 0.25) is 18.1 Å². The Labute approximate surface area is 157 Å². The normalized spacial score (nSPS) is 13.5. The van der Waals surface area contributed by atoms with Crippen LogP contribution in [0.25, 0.3) is 10.8 Å². The molecule has 1 atom stereocenters. The van der Waals surface area contributed by atoms with Gasteiger partial charge in [-0.3, -0.25) is 19.5 Å². The molecule has 0 aliphatic rings. The zero-order valence-electron chi connectivity index (χ0n) is 16.1. The van der Waals surface area contributed by atoms with E-state index in [2.05, 4.69) is 0 Å². The van der Waals surface area contributed by atoms with Crippen molar-refractivity contribution in [1.82, 2.24) is 4.57 Å². The predicted octanol–water partition coefficient (Wildman–Crippen LogP) is 3.56. The number of pyridine rings is 1. The first kappa shape index (κ1) is 20.8. The topological polar surface area (TPSA) is 112 Å². The number of carbonyl (C=O) groups is 1. The molecule has 0 amide bonds. The Kier molecular flexibility index (Phi) is 5.57. The van der Waals surface area contributed by atoms with Crippen molar-refractivity contribution in [2.45, 2.75) is 44.9 Å². The van der Waals surface area contributed by atoms with Gasteiger partial charge in [-0.2, -0.15) is 0 Å². The second kappa shape index (κ2) is 7.24. The molecule has 1 unspecified atom stereocenters. The number of hydrogen-bond acceptors (Lipinski definition) is 5. The van der Waals surface area contributed by atoms with Gasteiger partial charge in [0.25, 0.3) is 11.2 Å². The van der Waals surface area contributed by atoms with Crippen LogP contribution in [0.3, 0.4) is 0 Å². The number of carboxylic acids is 1. The van der Waals surface area contributed by atoms with Crippen LogP contribution in [0.5, 0.6) is 0 Å². The van der Waals surface area contributed by atoms with Crippen LogP contribution in [0.4, 0.5) is 5.69 Å². The maximum absolute atomic E-state index is 12.8. The van der Waals surface area contributed by atoms with E-state index in [1.54, 1.807) is 0 Å². The van der Waals surface area contributed by atoms with Crippen molar-refractivity contribution < 1.29 is 19.3 Å². The predicted molar refractivity (Wildman–Crippen MR) is 105 cm³/mol. The van der Waals surface area contributed by atoms with Crippen molar-refractivity contribution in [3.8, 4) is 0 Å². The molecular formula is C18H24N2O6Si. The fourth-order valence-electron chi connectivity index (χ4n) is 2.46. The molecule has 0 radical (unpaired) electrons. The molecule has 0 bridgehead atoms. The highest BCUT2D eigenvalue weighted by Crippen LogP contribution is 2.37. The summed E-state index contributed by atoms with van der Waals surface area (Å²) in [6.07, 6.45) is 1.28. The number of nitro benzene ring substituents is 1. The fraction of sp³-hybridized carbons (Fsp3) is 0.444. The number of non-ortho nitro benzene ring substituents is 1. The zero-order valence-corrected chi connectivity index (χ0v) is 17.1. The Morgan fingerprint density at radius 2 is 1.93 bits per heavy atom. The molecule has 2 rings (SSSR count). The van der Waals surface area contributed by atoms with E-state index in [4.69, 9.17) is 4.43 Å². The Morgan fingerprint density at radius 1 is 1.30 bits per heavy atom. The van der Waals surface area contributed by atoms with E-state index >= 15 is 0 Å². The van der Waals surface area contributed by atoms with Gasteiger partial charge in [0.05, 0.1) is 22.3 Å². The summed E-state index contributed by atoms with van der Waals surface area (Å²) in [6.45, 7) is 9.96. The summed E-state index contributed by atoms with van der Waals surface area (Å²) in [4.78, 5) is 35.2.